The first-order valence-corrected chi connectivity index (χ1v) is 4.07. The minimum absolute atomic E-state index is 0.0735. The lowest BCUT2D eigenvalue weighted by Crippen LogP contribution is -2.20. The molecule has 0 fully saturated rings. The van der Waals surface area contributed by atoms with Crippen molar-refractivity contribution in [2.75, 3.05) is 5.32 Å². The summed E-state index contributed by atoms with van der Waals surface area (Å²) in [6.07, 6.45) is 0. The molecule has 0 saturated carbocycles. The molecular weight excluding hydrogens is 205 g/mol. The minimum atomic E-state index is -0.731. The standard InChI is InChI=1S/C8H8FN3OS/c9-6-2-1-4(12-8(11)13)3-5(6)7(10)14/h1-3H,(H2,10,14)(H3,11,12,13). The number of halogens is 1. The number of carbonyl (C=O) groups is 1. The Morgan fingerprint density at radius 1 is 1.43 bits per heavy atom. The molecule has 4 nitrogen and oxygen atoms in total. The van der Waals surface area contributed by atoms with Crippen LogP contribution >= 0.6 is 12.2 Å². The van der Waals surface area contributed by atoms with Gasteiger partial charge in [0.25, 0.3) is 0 Å². The number of hydrogen-bond acceptors (Lipinski definition) is 2. The zero-order chi connectivity index (χ0) is 10.7. The lowest BCUT2D eigenvalue weighted by Gasteiger charge is -2.05. The number of amides is 2. The number of nitrogens with two attached hydrogens (primary N) is 2. The summed E-state index contributed by atoms with van der Waals surface area (Å²) >= 11 is 4.62. The SMILES string of the molecule is NC(=O)Nc1ccc(F)c(C(N)=S)c1. The van der Waals surface area contributed by atoms with Crippen molar-refractivity contribution in [3.8, 4) is 0 Å². The molecule has 0 unspecified atom stereocenters. The fourth-order valence-electron chi connectivity index (χ4n) is 0.934. The highest BCUT2D eigenvalue weighted by Crippen LogP contribution is 2.14. The van der Waals surface area contributed by atoms with E-state index in [0.29, 0.717) is 5.69 Å². The van der Waals surface area contributed by atoms with Crippen molar-refractivity contribution in [2.24, 2.45) is 11.5 Å². The predicted molar refractivity (Wildman–Crippen MR) is 55.5 cm³/mol. The quantitative estimate of drug-likeness (QED) is 0.640. The lowest BCUT2D eigenvalue weighted by atomic mass is 10.2. The van der Waals surface area contributed by atoms with E-state index in [-0.39, 0.29) is 10.6 Å². The predicted octanol–water partition coefficient (Wildman–Crippen LogP) is 0.951. The summed E-state index contributed by atoms with van der Waals surface area (Å²) in [5.41, 5.74) is 10.6. The maximum Gasteiger partial charge on any atom is 0.316 e. The Kier molecular flexibility index (Phi) is 2.98. The number of anilines is 1. The summed E-state index contributed by atoms with van der Waals surface area (Å²) in [5.74, 6) is -0.535. The van der Waals surface area contributed by atoms with Crippen LogP contribution in [0.15, 0.2) is 18.2 Å². The van der Waals surface area contributed by atoms with Crippen LogP contribution in [0.2, 0.25) is 0 Å². The average Bonchev–Trinajstić information content (AvgIpc) is 2.07. The summed E-state index contributed by atoms with van der Waals surface area (Å²) in [6.45, 7) is 0. The van der Waals surface area contributed by atoms with Crippen LogP contribution in [-0.2, 0) is 0 Å². The first-order chi connectivity index (χ1) is 6.50. The molecule has 0 heterocycles. The molecule has 1 rings (SSSR count). The number of rotatable bonds is 2. The third-order valence-electron chi connectivity index (χ3n) is 1.50. The number of thiocarbonyl (C=S) groups is 1. The minimum Gasteiger partial charge on any atom is -0.389 e. The summed E-state index contributed by atoms with van der Waals surface area (Å²) in [4.78, 5) is 10.4. The van der Waals surface area contributed by atoms with E-state index in [0.717, 1.165) is 6.07 Å². The molecule has 1 aromatic carbocycles. The van der Waals surface area contributed by atoms with Gasteiger partial charge in [0.1, 0.15) is 10.8 Å². The Bertz CT molecular complexity index is 394. The molecule has 0 aromatic heterocycles. The molecule has 0 spiro atoms. The smallest absolute Gasteiger partial charge is 0.316 e. The van der Waals surface area contributed by atoms with Crippen LogP contribution in [0, 0.1) is 5.82 Å². The Morgan fingerprint density at radius 3 is 2.57 bits per heavy atom. The normalized spacial score (nSPS) is 9.50. The molecule has 0 aliphatic heterocycles. The Hall–Kier alpha value is -1.69. The van der Waals surface area contributed by atoms with Crippen LogP contribution in [0.4, 0.5) is 14.9 Å². The van der Waals surface area contributed by atoms with Gasteiger partial charge < -0.3 is 16.8 Å². The van der Waals surface area contributed by atoms with Gasteiger partial charge in [-0.2, -0.15) is 0 Å². The van der Waals surface area contributed by atoms with E-state index in [1.807, 2.05) is 0 Å². The van der Waals surface area contributed by atoms with Gasteiger partial charge in [0.15, 0.2) is 0 Å². The van der Waals surface area contributed by atoms with Crippen LogP contribution in [0.1, 0.15) is 5.56 Å². The van der Waals surface area contributed by atoms with E-state index in [9.17, 15) is 9.18 Å². The molecule has 2 amide bonds. The lowest BCUT2D eigenvalue weighted by molar-refractivity contribution is 0.259. The highest BCUT2D eigenvalue weighted by molar-refractivity contribution is 7.80. The fourth-order valence-corrected chi connectivity index (χ4v) is 1.09. The third-order valence-corrected chi connectivity index (χ3v) is 1.72. The molecule has 14 heavy (non-hydrogen) atoms. The molecule has 0 atom stereocenters. The molecular formula is C8H8FN3OS. The second kappa shape index (κ2) is 4.01. The van der Waals surface area contributed by atoms with Gasteiger partial charge in [-0.1, -0.05) is 12.2 Å². The third kappa shape index (κ3) is 2.40. The van der Waals surface area contributed by atoms with Crippen molar-refractivity contribution < 1.29 is 9.18 Å². The van der Waals surface area contributed by atoms with E-state index in [2.05, 4.69) is 17.5 Å². The molecule has 0 saturated heterocycles. The van der Waals surface area contributed by atoms with Gasteiger partial charge in [-0.25, -0.2) is 9.18 Å². The van der Waals surface area contributed by atoms with Gasteiger partial charge in [0.2, 0.25) is 0 Å². The number of nitrogens with one attached hydrogen (secondary N) is 1. The molecule has 6 heteroatoms. The van der Waals surface area contributed by atoms with Gasteiger partial charge in [-0.15, -0.1) is 0 Å². The van der Waals surface area contributed by atoms with Crippen molar-refractivity contribution in [2.45, 2.75) is 0 Å². The highest BCUT2D eigenvalue weighted by Gasteiger charge is 2.06. The molecule has 74 valence electrons. The van der Waals surface area contributed by atoms with E-state index in [4.69, 9.17) is 11.5 Å². The molecule has 0 bridgehead atoms. The molecule has 0 aliphatic rings. The summed E-state index contributed by atoms with van der Waals surface area (Å²) in [7, 11) is 0. The second-order valence-electron chi connectivity index (χ2n) is 2.55. The van der Waals surface area contributed by atoms with Crippen LogP contribution in [0.5, 0.6) is 0 Å². The van der Waals surface area contributed by atoms with Crippen molar-refractivity contribution >= 4 is 28.9 Å². The first kappa shape index (κ1) is 10.4. The van der Waals surface area contributed by atoms with Crippen LogP contribution in [0.25, 0.3) is 0 Å². The largest absolute Gasteiger partial charge is 0.389 e. The monoisotopic (exact) mass is 213 g/mol. The van der Waals surface area contributed by atoms with E-state index >= 15 is 0 Å². The van der Waals surface area contributed by atoms with Crippen molar-refractivity contribution in [1.29, 1.82) is 0 Å². The van der Waals surface area contributed by atoms with Gasteiger partial charge in [-0.3, -0.25) is 0 Å². The average molecular weight is 213 g/mol. The van der Waals surface area contributed by atoms with E-state index in [1.54, 1.807) is 0 Å². The Morgan fingerprint density at radius 2 is 2.07 bits per heavy atom. The van der Waals surface area contributed by atoms with Crippen LogP contribution in [0.3, 0.4) is 0 Å². The maximum atomic E-state index is 13.0. The summed E-state index contributed by atoms with van der Waals surface area (Å²) < 4.78 is 13.0. The Labute approximate surface area is 85.1 Å². The zero-order valence-corrected chi connectivity index (χ0v) is 7.90. The van der Waals surface area contributed by atoms with E-state index in [1.165, 1.54) is 12.1 Å². The summed E-state index contributed by atoms with van der Waals surface area (Å²) in [6, 6.07) is 3.11. The van der Waals surface area contributed by atoms with Gasteiger partial charge >= 0.3 is 6.03 Å². The van der Waals surface area contributed by atoms with Crippen molar-refractivity contribution in [1.82, 2.24) is 0 Å². The first-order valence-electron chi connectivity index (χ1n) is 3.66. The van der Waals surface area contributed by atoms with Gasteiger partial charge in [0, 0.05) is 11.3 Å². The van der Waals surface area contributed by atoms with Crippen molar-refractivity contribution in [3.05, 3.63) is 29.6 Å². The van der Waals surface area contributed by atoms with Crippen molar-refractivity contribution in [3.63, 3.8) is 0 Å². The van der Waals surface area contributed by atoms with Gasteiger partial charge in [-0.05, 0) is 18.2 Å². The summed E-state index contributed by atoms with van der Waals surface area (Å²) in [5, 5.41) is 2.28. The number of carbonyl (C=O) groups excluding carboxylic acids is 1. The number of benzene rings is 1. The molecule has 5 N–H and O–H groups in total. The zero-order valence-electron chi connectivity index (χ0n) is 7.08. The van der Waals surface area contributed by atoms with Crippen LogP contribution in [-0.4, -0.2) is 11.0 Å². The number of hydrogen-bond donors (Lipinski definition) is 3. The molecule has 1 aromatic rings. The topological polar surface area (TPSA) is 81.1 Å². The van der Waals surface area contributed by atoms with Crippen LogP contribution < -0.4 is 16.8 Å². The number of urea groups is 1. The molecule has 0 aliphatic carbocycles. The highest BCUT2D eigenvalue weighted by atomic mass is 32.1. The van der Waals surface area contributed by atoms with E-state index < -0.39 is 11.8 Å². The second-order valence-corrected chi connectivity index (χ2v) is 2.99. The molecule has 0 radical (unpaired) electrons. The number of primary amides is 1. The van der Waals surface area contributed by atoms with Gasteiger partial charge in [0.05, 0.1) is 0 Å². The Balaban J connectivity index is 3.06. The fraction of sp³-hybridized carbons (Fsp3) is 0. The maximum absolute atomic E-state index is 13.0.